The van der Waals surface area contributed by atoms with Gasteiger partial charge in [-0.2, -0.15) is 0 Å². The van der Waals surface area contributed by atoms with Crippen molar-refractivity contribution in [1.29, 1.82) is 0 Å². The molecule has 0 aliphatic heterocycles. The predicted molar refractivity (Wildman–Crippen MR) is 70.5 cm³/mol. The SMILES string of the molecule is Fc1ccc2c(c1)[C@H]1c3ccccc3C[C@@]1(F)CC2. The van der Waals surface area contributed by atoms with E-state index in [0.29, 0.717) is 19.3 Å². The molecule has 4 rings (SSSR count). The van der Waals surface area contributed by atoms with Crippen LogP contribution in [0.2, 0.25) is 0 Å². The standard InChI is InChI=1S/C17H14F2/c18-13-6-5-11-7-8-17(19)10-12-3-1-2-4-14(12)16(17)15(11)9-13/h1-6,9,16H,7-8,10H2/t16-,17+/m1/s1. The molecule has 0 saturated heterocycles. The van der Waals surface area contributed by atoms with Gasteiger partial charge in [0.15, 0.2) is 0 Å². The van der Waals surface area contributed by atoms with Crippen LogP contribution in [0.15, 0.2) is 42.5 Å². The van der Waals surface area contributed by atoms with Crippen molar-refractivity contribution in [2.45, 2.75) is 30.8 Å². The van der Waals surface area contributed by atoms with Crippen LogP contribution in [-0.2, 0) is 12.8 Å². The topological polar surface area (TPSA) is 0 Å². The van der Waals surface area contributed by atoms with Crippen LogP contribution in [0.4, 0.5) is 8.78 Å². The number of halogens is 2. The summed E-state index contributed by atoms with van der Waals surface area (Å²) < 4.78 is 28.8. The molecule has 0 heterocycles. The van der Waals surface area contributed by atoms with E-state index < -0.39 is 5.67 Å². The molecule has 0 saturated carbocycles. The van der Waals surface area contributed by atoms with Crippen molar-refractivity contribution < 1.29 is 8.78 Å². The van der Waals surface area contributed by atoms with E-state index in [1.807, 2.05) is 30.3 Å². The number of hydrogen-bond acceptors (Lipinski definition) is 0. The van der Waals surface area contributed by atoms with Crippen LogP contribution in [0.25, 0.3) is 0 Å². The minimum Gasteiger partial charge on any atom is -0.242 e. The second-order valence-corrected chi connectivity index (χ2v) is 5.69. The molecule has 19 heavy (non-hydrogen) atoms. The van der Waals surface area contributed by atoms with Crippen molar-refractivity contribution in [3.63, 3.8) is 0 Å². The molecule has 2 aromatic rings. The smallest absolute Gasteiger partial charge is 0.126 e. The third-order valence-corrected chi connectivity index (χ3v) is 4.60. The molecule has 0 aromatic heterocycles. The third kappa shape index (κ3) is 1.49. The first-order chi connectivity index (χ1) is 9.17. The zero-order valence-corrected chi connectivity index (χ0v) is 10.5. The second-order valence-electron chi connectivity index (χ2n) is 5.69. The highest BCUT2D eigenvalue weighted by molar-refractivity contribution is 5.51. The van der Waals surface area contributed by atoms with Gasteiger partial charge in [-0.25, -0.2) is 8.78 Å². The maximum atomic E-state index is 15.2. The van der Waals surface area contributed by atoms with Gasteiger partial charge in [-0.05, 0) is 47.2 Å². The lowest BCUT2D eigenvalue weighted by Crippen LogP contribution is -2.34. The summed E-state index contributed by atoms with van der Waals surface area (Å²) in [6, 6.07) is 12.7. The molecule has 0 bridgehead atoms. The molecular formula is C17H14F2. The molecule has 0 amide bonds. The lowest BCUT2D eigenvalue weighted by molar-refractivity contribution is 0.133. The van der Waals surface area contributed by atoms with Crippen LogP contribution in [-0.4, -0.2) is 5.67 Å². The minimum atomic E-state index is -1.23. The van der Waals surface area contributed by atoms with Crippen molar-refractivity contribution in [1.82, 2.24) is 0 Å². The molecule has 0 N–H and O–H groups in total. The summed E-state index contributed by atoms with van der Waals surface area (Å²) in [6.45, 7) is 0. The molecule has 0 unspecified atom stereocenters. The van der Waals surface area contributed by atoms with Gasteiger partial charge in [0.25, 0.3) is 0 Å². The first-order valence-corrected chi connectivity index (χ1v) is 6.72. The molecular weight excluding hydrogens is 242 g/mol. The molecule has 0 nitrogen and oxygen atoms in total. The van der Waals surface area contributed by atoms with Crippen LogP contribution in [0.5, 0.6) is 0 Å². The van der Waals surface area contributed by atoms with Gasteiger partial charge >= 0.3 is 0 Å². The van der Waals surface area contributed by atoms with E-state index in [1.165, 1.54) is 12.1 Å². The van der Waals surface area contributed by atoms with Crippen molar-refractivity contribution >= 4 is 0 Å². The van der Waals surface area contributed by atoms with Crippen molar-refractivity contribution in [3.8, 4) is 0 Å². The van der Waals surface area contributed by atoms with E-state index >= 15 is 4.39 Å². The predicted octanol–water partition coefficient (Wildman–Crippen LogP) is 4.17. The van der Waals surface area contributed by atoms with E-state index in [-0.39, 0.29) is 11.7 Å². The van der Waals surface area contributed by atoms with Gasteiger partial charge in [0, 0.05) is 12.3 Å². The van der Waals surface area contributed by atoms with Crippen LogP contribution in [0.3, 0.4) is 0 Å². The fraction of sp³-hybridized carbons (Fsp3) is 0.294. The zero-order valence-electron chi connectivity index (χ0n) is 10.5. The van der Waals surface area contributed by atoms with Crippen LogP contribution in [0.1, 0.15) is 34.6 Å². The first kappa shape index (κ1) is 11.2. The summed E-state index contributed by atoms with van der Waals surface area (Å²) in [5, 5.41) is 0. The van der Waals surface area contributed by atoms with E-state index in [4.69, 9.17) is 0 Å². The zero-order chi connectivity index (χ0) is 13.0. The molecule has 96 valence electrons. The largest absolute Gasteiger partial charge is 0.242 e. The molecule has 2 heteroatoms. The Hall–Kier alpha value is -1.70. The number of hydrogen-bond donors (Lipinski definition) is 0. The highest BCUT2D eigenvalue weighted by Gasteiger charge is 2.49. The number of aryl methyl sites for hydroxylation is 1. The van der Waals surface area contributed by atoms with Gasteiger partial charge in [0.1, 0.15) is 11.5 Å². The van der Waals surface area contributed by atoms with Crippen molar-refractivity contribution in [2.75, 3.05) is 0 Å². The molecule has 2 aliphatic rings. The monoisotopic (exact) mass is 256 g/mol. The lowest BCUT2D eigenvalue weighted by atomic mass is 9.73. The van der Waals surface area contributed by atoms with Gasteiger partial charge in [-0.3, -0.25) is 0 Å². The van der Waals surface area contributed by atoms with E-state index in [1.54, 1.807) is 0 Å². The van der Waals surface area contributed by atoms with E-state index in [0.717, 1.165) is 22.3 Å². The Kier molecular flexibility index (Phi) is 2.15. The Labute approximate surface area is 111 Å². The van der Waals surface area contributed by atoms with Gasteiger partial charge in [0.05, 0.1) is 0 Å². The Morgan fingerprint density at radius 3 is 2.74 bits per heavy atom. The second kappa shape index (κ2) is 3.66. The highest BCUT2D eigenvalue weighted by Crippen LogP contribution is 2.53. The summed E-state index contributed by atoms with van der Waals surface area (Å²) in [4.78, 5) is 0. The molecule has 0 spiro atoms. The summed E-state index contributed by atoms with van der Waals surface area (Å²) in [5.41, 5.74) is 2.82. The quantitative estimate of drug-likeness (QED) is 0.663. The number of fused-ring (bicyclic) bond motifs is 5. The molecule has 2 atom stereocenters. The van der Waals surface area contributed by atoms with E-state index in [2.05, 4.69) is 0 Å². The molecule has 2 aliphatic carbocycles. The third-order valence-electron chi connectivity index (χ3n) is 4.60. The maximum Gasteiger partial charge on any atom is 0.126 e. The summed E-state index contributed by atoms with van der Waals surface area (Å²) in [6.07, 6.45) is 1.70. The molecule has 0 fully saturated rings. The minimum absolute atomic E-state index is 0.271. The Morgan fingerprint density at radius 1 is 1.00 bits per heavy atom. The fourth-order valence-electron chi connectivity index (χ4n) is 3.76. The van der Waals surface area contributed by atoms with Gasteiger partial charge in [-0.15, -0.1) is 0 Å². The highest BCUT2D eigenvalue weighted by atomic mass is 19.1. The van der Waals surface area contributed by atoms with Crippen molar-refractivity contribution in [2.24, 2.45) is 0 Å². The average molecular weight is 256 g/mol. The first-order valence-electron chi connectivity index (χ1n) is 6.72. The molecule has 0 radical (unpaired) electrons. The number of rotatable bonds is 0. The van der Waals surface area contributed by atoms with E-state index in [9.17, 15) is 4.39 Å². The maximum absolute atomic E-state index is 15.2. The van der Waals surface area contributed by atoms with Crippen LogP contribution < -0.4 is 0 Å². The van der Waals surface area contributed by atoms with Gasteiger partial charge in [0.2, 0.25) is 0 Å². The average Bonchev–Trinajstić information content (AvgIpc) is 2.71. The van der Waals surface area contributed by atoms with Gasteiger partial charge < -0.3 is 0 Å². The molecule has 2 aromatic carbocycles. The normalized spacial score (nSPS) is 27.6. The summed E-state index contributed by atoms with van der Waals surface area (Å²) >= 11 is 0. The number of alkyl halides is 1. The summed E-state index contributed by atoms with van der Waals surface area (Å²) in [7, 11) is 0. The fourth-order valence-corrected chi connectivity index (χ4v) is 3.76. The number of benzene rings is 2. The van der Waals surface area contributed by atoms with Crippen LogP contribution in [0, 0.1) is 5.82 Å². The summed E-state index contributed by atoms with van der Waals surface area (Å²) in [5.74, 6) is -0.560. The lowest BCUT2D eigenvalue weighted by Gasteiger charge is -2.34. The Morgan fingerprint density at radius 2 is 1.84 bits per heavy atom. The Balaban J connectivity index is 1.97. The Bertz CT molecular complexity index is 662. The van der Waals surface area contributed by atoms with Gasteiger partial charge in [-0.1, -0.05) is 30.3 Å². The van der Waals surface area contributed by atoms with Crippen LogP contribution >= 0.6 is 0 Å². The van der Waals surface area contributed by atoms with Crippen molar-refractivity contribution in [3.05, 3.63) is 70.5 Å².